The molecule has 0 saturated heterocycles. The minimum absolute atomic E-state index is 0.0309. The number of alkyl halides is 20. The number of aryl methyl sites for hydroxylation is 3. The summed E-state index contributed by atoms with van der Waals surface area (Å²) in [6.07, 6.45) is -30.5. The van der Waals surface area contributed by atoms with E-state index in [2.05, 4.69) is 0 Å². The number of fused-ring (bicyclic) bond motifs is 4. The number of hydrogen-bond acceptors (Lipinski definition) is 2. The van der Waals surface area contributed by atoms with Crippen molar-refractivity contribution in [2.24, 2.45) is 0 Å². The summed E-state index contributed by atoms with van der Waals surface area (Å²) in [5.41, 5.74) is -20.7. The van der Waals surface area contributed by atoms with Gasteiger partial charge in [0.15, 0.2) is 0 Å². The van der Waals surface area contributed by atoms with Crippen LogP contribution in [0.5, 0.6) is 0 Å². The summed E-state index contributed by atoms with van der Waals surface area (Å²) in [7, 11) is -8.36. The molecule has 300 valence electrons. The maximum atomic E-state index is 16.1. The Bertz CT molecular complexity index is 1820. The molecule has 0 radical (unpaired) electrons. The summed E-state index contributed by atoms with van der Waals surface area (Å²) < 4.78 is 311. The van der Waals surface area contributed by atoms with Gasteiger partial charge in [0.05, 0.1) is 0 Å². The van der Waals surface area contributed by atoms with Crippen LogP contribution in [-0.2, 0) is 20.2 Å². The molecule has 0 bridgehead atoms. The second-order valence-electron chi connectivity index (χ2n) is 12.6. The van der Waals surface area contributed by atoms with Crippen molar-refractivity contribution in [1.29, 1.82) is 0 Å². The summed E-state index contributed by atoms with van der Waals surface area (Å²) in [4.78, 5) is 0. The molecule has 2 nitrogen and oxygen atoms in total. The molecule has 0 saturated carbocycles. The van der Waals surface area contributed by atoms with E-state index in [0.29, 0.717) is 26.0 Å². The third kappa shape index (κ3) is 4.49. The van der Waals surface area contributed by atoms with Crippen molar-refractivity contribution in [3.05, 3.63) is 88.5 Å². The quantitative estimate of drug-likeness (QED) is 0.188. The van der Waals surface area contributed by atoms with E-state index in [0.717, 1.165) is 19.1 Å². The third-order valence-electron chi connectivity index (χ3n) is 9.30. The molecule has 5 rings (SSSR count). The zero-order valence-corrected chi connectivity index (χ0v) is 27.5. The first-order valence-electron chi connectivity index (χ1n) is 14.5. The van der Waals surface area contributed by atoms with Crippen LogP contribution >= 0.6 is 7.06 Å². The van der Waals surface area contributed by atoms with E-state index in [1.807, 2.05) is 0 Å². The standard InChI is InChI=1S/C31H19F20O2P/c1-14-12-15(2)21(16(3)13-14)54(19-10-6-4-8-17(19)22(52-54,24(32,33)28(40,41)42)25(34,35)29(43,44)45)20-11-7-5-9-18(20)23(53-54,26(36,37)30(46,47)48)27(38,39)31(49,50)51/h4-13H,1-3H3. The van der Waals surface area contributed by atoms with Crippen LogP contribution in [-0.4, -0.2) is 48.4 Å². The van der Waals surface area contributed by atoms with Crippen LogP contribution in [0.1, 0.15) is 27.8 Å². The number of hydrogen-bond donors (Lipinski definition) is 0. The normalized spacial score (nSPS) is 20.7. The summed E-state index contributed by atoms with van der Waals surface area (Å²) in [5.74, 6) is -30.6. The fraction of sp³-hybridized carbons (Fsp3) is 0.419. The van der Waals surface area contributed by atoms with E-state index >= 15 is 35.1 Å². The Hall–Kier alpha value is -3.39. The molecular formula is C31H19F20O2P. The van der Waals surface area contributed by atoms with Crippen LogP contribution in [0.2, 0.25) is 0 Å². The first kappa shape index (κ1) is 41.8. The van der Waals surface area contributed by atoms with Crippen LogP contribution in [0.4, 0.5) is 87.8 Å². The molecule has 0 atom stereocenters. The van der Waals surface area contributed by atoms with Crippen molar-refractivity contribution < 1.29 is 96.9 Å². The zero-order chi connectivity index (χ0) is 41.6. The van der Waals surface area contributed by atoms with Crippen molar-refractivity contribution in [2.45, 2.75) is 80.4 Å². The predicted octanol–water partition coefficient (Wildman–Crippen LogP) is 10.5. The fourth-order valence-electron chi connectivity index (χ4n) is 7.46. The van der Waals surface area contributed by atoms with Gasteiger partial charge in [-0.2, -0.15) is 0 Å². The van der Waals surface area contributed by atoms with Gasteiger partial charge in [-0.05, 0) is 0 Å². The second-order valence-corrected chi connectivity index (χ2v) is 16.3. The maximum absolute atomic E-state index is 16.1. The molecule has 2 heterocycles. The predicted molar refractivity (Wildman–Crippen MR) is 149 cm³/mol. The summed E-state index contributed by atoms with van der Waals surface area (Å²) in [6, 6.07) is 1.89. The number of benzene rings is 3. The molecule has 23 heteroatoms. The van der Waals surface area contributed by atoms with E-state index in [1.165, 1.54) is 0 Å². The SMILES string of the molecule is Cc1cc(C)c(P23(OC(C(F)(F)C(F)(F)F)(C(F)(F)C(F)(F)F)c4ccccc42)OC(C(F)(F)C(F)(F)F)(C(F)(F)C(F)(F)F)c2ccccc23)c(C)c1. The van der Waals surface area contributed by atoms with Gasteiger partial charge in [-0.15, -0.1) is 0 Å². The monoisotopic (exact) mass is 834 g/mol. The average Bonchev–Trinajstić information content (AvgIpc) is 3.43. The van der Waals surface area contributed by atoms with E-state index in [9.17, 15) is 52.7 Å². The van der Waals surface area contributed by atoms with Crippen LogP contribution in [0.15, 0.2) is 60.7 Å². The van der Waals surface area contributed by atoms with Gasteiger partial charge >= 0.3 is 289 Å². The van der Waals surface area contributed by atoms with Gasteiger partial charge in [0.25, 0.3) is 0 Å². The van der Waals surface area contributed by atoms with Crippen molar-refractivity contribution in [1.82, 2.24) is 0 Å². The Labute approximate surface area is 289 Å². The van der Waals surface area contributed by atoms with Gasteiger partial charge in [-0.25, -0.2) is 0 Å². The molecule has 0 unspecified atom stereocenters. The van der Waals surface area contributed by atoms with Crippen LogP contribution < -0.4 is 15.9 Å². The van der Waals surface area contributed by atoms with Crippen LogP contribution in [0.25, 0.3) is 0 Å². The van der Waals surface area contributed by atoms with Gasteiger partial charge in [0.1, 0.15) is 0 Å². The molecule has 2 aliphatic rings. The molecule has 3 aromatic rings. The Kier molecular flexibility index (Phi) is 8.61. The summed E-state index contributed by atoms with van der Waals surface area (Å²) >= 11 is 0. The van der Waals surface area contributed by atoms with E-state index in [1.54, 1.807) is 0 Å². The number of rotatable bonds is 5. The van der Waals surface area contributed by atoms with Crippen LogP contribution in [0, 0.1) is 20.8 Å². The molecule has 0 fully saturated rings. The van der Waals surface area contributed by atoms with Crippen molar-refractivity contribution in [2.75, 3.05) is 0 Å². The Morgan fingerprint density at radius 3 is 0.944 bits per heavy atom. The molecule has 0 aliphatic carbocycles. The first-order chi connectivity index (χ1) is 24.0. The van der Waals surface area contributed by atoms with E-state index in [4.69, 9.17) is 9.05 Å². The molecule has 1 spiro atoms. The van der Waals surface area contributed by atoms with Gasteiger partial charge < -0.3 is 0 Å². The van der Waals surface area contributed by atoms with Gasteiger partial charge in [-0.1, -0.05) is 0 Å². The first-order valence-corrected chi connectivity index (χ1v) is 16.6. The van der Waals surface area contributed by atoms with Gasteiger partial charge in [-0.3, -0.25) is 0 Å². The summed E-state index contributed by atoms with van der Waals surface area (Å²) in [6.45, 7) is 2.52. The van der Waals surface area contributed by atoms with Gasteiger partial charge in [0.2, 0.25) is 0 Å². The molecule has 3 aromatic carbocycles. The zero-order valence-electron chi connectivity index (χ0n) is 26.6. The molecular weight excluding hydrogens is 815 g/mol. The fourth-order valence-corrected chi connectivity index (χ4v) is 14.0. The van der Waals surface area contributed by atoms with E-state index < -0.39 is 105 Å². The Balaban J connectivity index is 2.27. The van der Waals surface area contributed by atoms with Crippen molar-refractivity contribution in [3.8, 4) is 0 Å². The van der Waals surface area contributed by atoms with Crippen molar-refractivity contribution in [3.63, 3.8) is 0 Å². The van der Waals surface area contributed by atoms with Crippen molar-refractivity contribution >= 4 is 23.0 Å². The Morgan fingerprint density at radius 2 is 0.685 bits per heavy atom. The minimum atomic E-state index is -8.36. The molecule has 0 N–H and O–H groups in total. The molecule has 0 amide bonds. The topological polar surface area (TPSA) is 18.5 Å². The number of halogens is 20. The molecule has 0 aromatic heterocycles. The van der Waals surface area contributed by atoms with Crippen LogP contribution in [0.3, 0.4) is 0 Å². The Morgan fingerprint density at radius 1 is 0.426 bits per heavy atom. The average molecular weight is 834 g/mol. The van der Waals surface area contributed by atoms with Gasteiger partial charge in [0, 0.05) is 0 Å². The summed E-state index contributed by atoms with van der Waals surface area (Å²) in [5, 5.41) is -5.78. The van der Waals surface area contributed by atoms with E-state index in [-0.39, 0.29) is 42.0 Å². The third-order valence-corrected chi connectivity index (χ3v) is 14.6. The molecule has 2 aliphatic heterocycles. The molecule has 54 heavy (non-hydrogen) atoms. The second kappa shape index (κ2) is 11.1.